The van der Waals surface area contributed by atoms with Crippen molar-refractivity contribution >= 4 is 21.9 Å². The van der Waals surface area contributed by atoms with Crippen molar-refractivity contribution in [1.82, 2.24) is 5.32 Å². The fourth-order valence-corrected chi connectivity index (χ4v) is 2.82. The van der Waals surface area contributed by atoms with E-state index >= 15 is 0 Å². The smallest absolute Gasteiger partial charge is 0.320 e. The molecule has 1 unspecified atom stereocenters. The SMILES string of the molecule is CCOc1cc(CNC(CC(C)C)C(=O)O)cc(Br)c1OC. The number of carbonyl (C=O) groups is 1. The molecule has 0 saturated heterocycles. The van der Waals surface area contributed by atoms with Crippen LogP contribution in [-0.2, 0) is 11.3 Å². The van der Waals surface area contributed by atoms with Gasteiger partial charge in [0, 0.05) is 6.54 Å². The lowest BCUT2D eigenvalue weighted by atomic mass is 10.0. The van der Waals surface area contributed by atoms with Crippen LogP contribution in [-0.4, -0.2) is 30.8 Å². The zero-order valence-corrected chi connectivity index (χ0v) is 15.1. The third kappa shape index (κ3) is 5.50. The Hall–Kier alpha value is -1.27. The van der Waals surface area contributed by atoms with Gasteiger partial charge in [-0.15, -0.1) is 0 Å². The maximum Gasteiger partial charge on any atom is 0.320 e. The number of benzene rings is 1. The number of halogens is 1. The molecular weight excluding hydrogens is 350 g/mol. The molecule has 6 heteroatoms. The Bertz CT molecular complexity index is 505. The Morgan fingerprint density at radius 3 is 2.59 bits per heavy atom. The molecule has 0 aliphatic heterocycles. The van der Waals surface area contributed by atoms with E-state index < -0.39 is 12.0 Å². The molecule has 0 fully saturated rings. The summed E-state index contributed by atoms with van der Waals surface area (Å²) < 4.78 is 11.7. The minimum absolute atomic E-state index is 0.315. The highest BCUT2D eigenvalue weighted by molar-refractivity contribution is 9.10. The van der Waals surface area contributed by atoms with Crippen molar-refractivity contribution in [2.75, 3.05) is 13.7 Å². The van der Waals surface area contributed by atoms with E-state index in [1.807, 2.05) is 32.9 Å². The molecule has 0 radical (unpaired) electrons. The first-order valence-corrected chi connectivity index (χ1v) is 8.13. The first kappa shape index (κ1) is 18.8. The average Bonchev–Trinajstić information content (AvgIpc) is 2.43. The number of hydrogen-bond donors (Lipinski definition) is 2. The quantitative estimate of drug-likeness (QED) is 0.693. The van der Waals surface area contributed by atoms with Crippen LogP contribution in [0.1, 0.15) is 32.8 Å². The van der Waals surface area contributed by atoms with Gasteiger partial charge in [0.25, 0.3) is 0 Å². The van der Waals surface area contributed by atoms with Crippen molar-refractivity contribution in [3.05, 3.63) is 22.2 Å². The van der Waals surface area contributed by atoms with E-state index in [1.165, 1.54) is 0 Å². The Kier molecular flexibility index (Phi) is 7.68. The fourth-order valence-electron chi connectivity index (χ4n) is 2.17. The summed E-state index contributed by atoms with van der Waals surface area (Å²) in [4.78, 5) is 11.3. The molecule has 0 bridgehead atoms. The van der Waals surface area contributed by atoms with Gasteiger partial charge in [0.1, 0.15) is 6.04 Å². The van der Waals surface area contributed by atoms with Crippen LogP contribution < -0.4 is 14.8 Å². The van der Waals surface area contributed by atoms with Crippen LogP contribution in [0.15, 0.2) is 16.6 Å². The summed E-state index contributed by atoms with van der Waals surface area (Å²) in [5.41, 5.74) is 0.936. The summed E-state index contributed by atoms with van der Waals surface area (Å²) in [6, 6.07) is 3.22. The molecule has 1 aromatic carbocycles. The van der Waals surface area contributed by atoms with E-state index in [0.717, 1.165) is 10.0 Å². The zero-order chi connectivity index (χ0) is 16.7. The third-order valence-electron chi connectivity index (χ3n) is 3.13. The molecule has 0 amide bonds. The number of carboxylic acids is 1. The number of carboxylic acid groups (broad SMARTS) is 1. The normalized spacial score (nSPS) is 12.3. The molecule has 1 aromatic rings. The molecular formula is C16H24BrNO4. The van der Waals surface area contributed by atoms with E-state index in [1.54, 1.807) is 7.11 Å². The summed E-state index contributed by atoms with van der Waals surface area (Å²) in [6.45, 7) is 6.90. The number of nitrogens with one attached hydrogen (secondary N) is 1. The fraction of sp³-hybridized carbons (Fsp3) is 0.562. The van der Waals surface area contributed by atoms with Crippen LogP contribution >= 0.6 is 15.9 Å². The highest BCUT2D eigenvalue weighted by atomic mass is 79.9. The number of hydrogen-bond acceptors (Lipinski definition) is 4. The third-order valence-corrected chi connectivity index (χ3v) is 3.72. The van der Waals surface area contributed by atoms with Crippen LogP contribution in [0.4, 0.5) is 0 Å². The van der Waals surface area contributed by atoms with Crippen LogP contribution in [0.3, 0.4) is 0 Å². The summed E-state index contributed by atoms with van der Waals surface area (Å²) in [7, 11) is 1.59. The second-order valence-corrected chi connectivity index (χ2v) is 6.30. The molecule has 0 heterocycles. The van der Waals surface area contributed by atoms with E-state index in [-0.39, 0.29) is 0 Å². The number of ether oxygens (including phenoxy) is 2. The number of aliphatic carboxylic acids is 1. The van der Waals surface area contributed by atoms with E-state index in [2.05, 4.69) is 21.2 Å². The second kappa shape index (κ2) is 9.00. The summed E-state index contributed by atoms with van der Waals surface area (Å²) in [6.07, 6.45) is 0.588. The summed E-state index contributed by atoms with van der Waals surface area (Å²) >= 11 is 3.46. The first-order chi connectivity index (χ1) is 10.4. The Balaban J connectivity index is 2.86. The van der Waals surface area contributed by atoms with Gasteiger partial charge < -0.3 is 19.9 Å². The predicted octanol–water partition coefficient (Wildman–Crippen LogP) is 3.45. The van der Waals surface area contributed by atoms with Crippen LogP contribution in [0.2, 0.25) is 0 Å². The first-order valence-electron chi connectivity index (χ1n) is 7.34. The van der Waals surface area contributed by atoms with Gasteiger partial charge in [-0.25, -0.2) is 0 Å². The van der Waals surface area contributed by atoms with Gasteiger partial charge >= 0.3 is 5.97 Å². The van der Waals surface area contributed by atoms with Crippen LogP contribution in [0.25, 0.3) is 0 Å². The van der Waals surface area contributed by atoms with Crippen molar-refractivity contribution in [3.63, 3.8) is 0 Å². The van der Waals surface area contributed by atoms with Gasteiger partial charge in [-0.3, -0.25) is 4.79 Å². The minimum atomic E-state index is -0.827. The number of methoxy groups -OCH3 is 1. The maximum atomic E-state index is 11.3. The molecule has 1 atom stereocenters. The van der Waals surface area contributed by atoms with Crippen LogP contribution in [0.5, 0.6) is 11.5 Å². The van der Waals surface area contributed by atoms with Crippen LogP contribution in [0, 0.1) is 5.92 Å². The van der Waals surface area contributed by atoms with Crippen molar-refractivity contribution in [2.45, 2.75) is 39.8 Å². The molecule has 124 valence electrons. The van der Waals surface area contributed by atoms with Gasteiger partial charge in [-0.1, -0.05) is 13.8 Å². The highest BCUT2D eigenvalue weighted by Crippen LogP contribution is 2.36. The standard InChI is InChI=1S/C16H24BrNO4/c1-5-22-14-8-11(7-12(17)15(14)21-4)9-18-13(16(19)20)6-10(2)3/h7-8,10,13,18H,5-6,9H2,1-4H3,(H,19,20). The second-order valence-electron chi connectivity index (χ2n) is 5.44. The molecule has 5 nitrogen and oxygen atoms in total. The summed E-state index contributed by atoms with van der Waals surface area (Å²) in [5.74, 6) is 0.774. The van der Waals surface area contributed by atoms with E-state index in [9.17, 15) is 9.90 Å². The lowest BCUT2D eigenvalue weighted by Crippen LogP contribution is -2.37. The van der Waals surface area contributed by atoms with Crippen molar-refractivity contribution < 1.29 is 19.4 Å². The monoisotopic (exact) mass is 373 g/mol. The molecule has 22 heavy (non-hydrogen) atoms. The molecule has 1 rings (SSSR count). The Labute approximate surface area is 140 Å². The van der Waals surface area contributed by atoms with Crippen molar-refractivity contribution in [2.24, 2.45) is 5.92 Å². The predicted molar refractivity (Wildman–Crippen MR) is 89.6 cm³/mol. The number of rotatable bonds is 9. The Morgan fingerprint density at radius 1 is 1.41 bits per heavy atom. The largest absolute Gasteiger partial charge is 0.492 e. The van der Waals surface area contributed by atoms with Crippen molar-refractivity contribution in [1.29, 1.82) is 0 Å². The molecule has 2 N–H and O–H groups in total. The lowest BCUT2D eigenvalue weighted by molar-refractivity contribution is -0.140. The van der Waals surface area contributed by atoms with Gasteiger partial charge in [-0.2, -0.15) is 0 Å². The van der Waals surface area contributed by atoms with Crippen molar-refractivity contribution in [3.8, 4) is 11.5 Å². The van der Waals surface area contributed by atoms with Gasteiger partial charge in [0.05, 0.1) is 18.2 Å². The van der Waals surface area contributed by atoms with Gasteiger partial charge in [0.15, 0.2) is 11.5 Å². The van der Waals surface area contributed by atoms with Gasteiger partial charge in [-0.05, 0) is 52.9 Å². The molecule has 0 spiro atoms. The average molecular weight is 374 g/mol. The molecule has 0 aliphatic rings. The minimum Gasteiger partial charge on any atom is -0.492 e. The molecule has 0 saturated carbocycles. The van der Waals surface area contributed by atoms with E-state index in [0.29, 0.717) is 37.0 Å². The highest BCUT2D eigenvalue weighted by Gasteiger charge is 2.19. The lowest BCUT2D eigenvalue weighted by Gasteiger charge is -2.18. The topological polar surface area (TPSA) is 67.8 Å². The molecule has 0 aliphatic carbocycles. The van der Waals surface area contributed by atoms with Gasteiger partial charge in [0.2, 0.25) is 0 Å². The summed E-state index contributed by atoms with van der Waals surface area (Å²) in [5, 5.41) is 12.3. The maximum absolute atomic E-state index is 11.3. The Morgan fingerprint density at radius 2 is 2.09 bits per heavy atom. The van der Waals surface area contributed by atoms with E-state index in [4.69, 9.17) is 9.47 Å². The molecule has 0 aromatic heterocycles. The zero-order valence-electron chi connectivity index (χ0n) is 13.5.